The number of phenols is 1. The molecule has 2 aromatic rings. The summed E-state index contributed by atoms with van der Waals surface area (Å²) in [7, 11) is 2.11. The second kappa shape index (κ2) is 6.00. The zero-order valence-corrected chi connectivity index (χ0v) is 14.6. The van der Waals surface area contributed by atoms with Crippen molar-refractivity contribution in [3.63, 3.8) is 0 Å². The SMILES string of the molecule is C/C=C(/C=O)[C@@H]1C[C@H]2c3c(c4cc(O)ccc4n3[C@@H](O)C1)CCN2C. The van der Waals surface area contributed by atoms with E-state index < -0.39 is 6.23 Å². The fourth-order valence-electron chi connectivity index (χ4n) is 4.68. The monoisotopic (exact) mass is 340 g/mol. The van der Waals surface area contributed by atoms with E-state index in [1.165, 1.54) is 5.56 Å². The lowest BCUT2D eigenvalue weighted by molar-refractivity contribution is -0.105. The molecule has 0 bridgehead atoms. The highest BCUT2D eigenvalue weighted by molar-refractivity contribution is 5.87. The van der Waals surface area contributed by atoms with Gasteiger partial charge in [0, 0.05) is 17.6 Å². The van der Waals surface area contributed by atoms with Crippen molar-refractivity contribution in [1.82, 2.24) is 9.47 Å². The third-order valence-electron chi connectivity index (χ3n) is 5.94. The largest absolute Gasteiger partial charge is 0.508 e. The van der Waals surface area contributed by atoms with Crippen molar-refractivity contribution in [2.45, 2.75) is 38.5 Å². The zero-order chi connectivity index (χ0) is 17.7. The van der Waals surface area contributed by atoms with Gasteiger partial charge in [-0.3, -0.25) is 9.69 Å². The minimum absolute atomic E-state index is 0.0444. The van der Waals surface area contributed by atoms with Crippen molar-refractivity contribution in [3.05, 3.63) is 41.1 Å². The molecule has 0 fully saturated rings. The van der Waals surface area contributed by atoms with E-state index in [9.17, 15) is 15.0 Å². The van der Waals surface area contributed by atoms with Crippen LogP contribution in [-0.2, 0) is 11.2 Å². The maximum Gasteiger partial charge on any atom is 0.145 e. The van der Waals surface area contributed by atoms with E-state index in [0.717, 1.165) is 47.8 Å². The molecule has 0 spiro atoms. The van der Waals surface area contributed by atoms with Crippen LogP contribution >= 0.6 is 0 Å². The Hall–Kier alpha value is -2.11. The lowest BCUT2D eigenvalue weighted by atomic mass is 9.86. The molecule has 0 saturated heterocycles. The summed E-state index contributed by atoms with van der Waals surface area (Å²) in [6.45, 7) is 2.82. The quantitative estimate of drug-likeness (QED) is 0.652. The first-order chi connectivity index (χ1) is 12.0. The number of nitrogens with zero attached hydrogens (tertiary/aromatic N) is 2. The fourth-order valence-corrected chi connectivity index (χ4v) is 4.68. The number of carbonyl (C=O) groups is 1. The summed E-state index contributed by atoms with van der Waals surface area (Å²) >= 11 is 0. The van der Waals surface area contributed by atoms with Crippen LogP contribution in [0.2, 0.25) is 0 Å². The summed E-state index contributed by atoms with van der Waals surface area (Å²) in [5, 5.41) is 21.9. The topological polar surface area (TPSA) is 65.7 Å². The van der Waals surface area contributed by atoms with E-state index in [2.05, 4.69) is 11.9 Å². The Kier molecular flexibility index (Phi) is 3.93. The van der Waals surface area contributed by atoms with Crippen molar-refractivity contribution in [1.29, 1.82) is 0 Å². The summed E-state index contributed by atoms with van der Waals surface area (Å²) in [4.78, 5) is 13.8. The molecule has 3 heterocycles. The minimum Gasteiger partial charge on any atom is -0.508 e. The molecule has 0 aliphatic carbocycles. The van der Waals surface area contributed by atoms with E-state index in [4.69, 9.17) is 0 Å². The van der Waals surface area contributed by atoms with Crippen molar-refractivity contribution in [2.75, 3.05) is 13.6 Å². The van der Waals surface area contributed by atoms with Crippen LogP contribution in [0, 0.1) is 5.92 Å². The molecule has 3 atom stereocenters. The van der Waals surface area contributed by atoms with Crippen LogP contribution < -0.4 is 0 Å². The number of aliphatic hydroxyl groups excluding tert-OH is 1. The number of hydrogen-bond acceptors (Lipinski definition) is 4. The number of rotatable bonds is 2. The van der Waals surface area contributed by atoms with Gasteiger partial charge in [-0.2, -0.15) is 0 Å². The van der Waals surface area contributed by atoms with Gasteiger partial charge < -0.3 is 14.8 Å². The number of fused-ring (bicyclic) bond motifs is 3. The van der Waals surface area contributed by atoms with Gasteiger partial charge in [-0.1, -0.05) is 6.08 Å². The van der Waals surface area contributed by atoms with Gasteiger partial charge in [0.05, 0.1) is 11.6 Å². The maximum absolute atomic E-state index is 11.5. The molecule has 1 aromatic carbocycles. The van der Waals surface area contributed by atoms with Crippen LogP contribution in [0.15, 0.2) is 29.8 Å². The Balaban J connectivity index is 1.94. The first kappa shape index (κ1) is 16.4. The molecule has 132 valence electrons. The number of benzene rings is 1. The van der Waals surface area contributed by atoms with E-state index in [0.29, 0.717) is 6.42 Å². The Morgan fingerprint density at radius 2 is 2.12 bits per heavy atom. The van der Waals surface area contributed by atoms with Gasteiger partial charge in [0.2, 0.25) is 0 Å². The molecule has 0 saturated carbocycles. The van der Waals surface area contributed by atoms with Gasteiger partial charge in [-0.25, -0.2) is 0 Å². The summed E-state index contributed by atoms with van der Waals surface area (Å²) in [6.07, 6.45) is 4.37. The third kappa shape index (κ3) is 2.41. The Labute approximate surface area is 147 Å². The highest BCUT2D eigenvalue weighted by Crippen LogP contribution is 2.46. The molecule has 25 heavy (non-hydrogen) atoms. The molecular formula is C20H24N2O3. The molecule has 4 rings (SSSR count). The molecule has 2 aliphatic rings. The molecule has 1 aromatic heterocycles. The summed E-state index contributed by atoms with van der Waals surface area (Å²) in [5.41, 5.74) is 4.10. The van der Waals surface area contributed by atoms with Crippen LogP contribution in [-0.4, -0.2) is 39.6 Å². The second-order valence-corrected chi connectivity index (χ2v) is 7.24. The summed E-state index contributed by atoms with van der Waals surface area (Å²) in [6, 6.07) is 5.53. The van der Waals surface area contributed by atoms with Crippen molar-refractivity contribution in [3.8, 4) is 5.75 Å². The molecule has 5 heteroatoms. The van der Waals surface area contributed by atoms with E-state index in [-0.39, 0.29) is 17.7 Å². The lowest BCUT2D eigenvalue weighted by Gasteiger charge is -2.34. The summed E-state index contributed by atoms with van der Waals surface area (Å²) in [5.74, 6) is 0.299. The molecule has 0 radical (unpaired) electrons. The number of aromatic nitrogens is 1. The highest BCUT2D eigenvalue weighted by Gasteiger charge is 2.38. The number of hydrogen-bond donors (Lipinski definition) is 2. The highest BCUT2D eigenvalue weighted by atomic mass is 16.3. The van der Waals surface area contributed by atoms with Crippen LogP contribution in [0.25, 0.3) is 10.9 Å². The maximum atomic E-state index is 11.5. The van der Waals surface area contributed by atoms with Crippen molar-refractivity contribution >= 4 is 17.2 Å². The molecule has 2 aliphatic heterocycles. The van der Waals surface area contributed by atoms with Crippen LogP contribution in [0.3, 0.4) is 0 Å². The molecular weight excluding hydrogens is 316 g/mol. The van der Waals surface area contributed by atoms with E-state index >= 15 is 0 Å². The molecule has 5 nitrogen and oxygen atoms in total. The van der Waals surface area contributed by atoms with Crippen molar-refractivity contribution in [2.24, 2.45) is 5.92 Å². The Morgan fingerprint density at radius 1 is 1.32 bits per heavy atom. The van der Waals surface area contributed by atoms with Crippen LogP contribution in [0.5, 0.6) is 5.75 Å². The average molecular weight is 340 g/mol. The first-order valence-electron chi connectivity index (χ1n) is 8.90. The standard InChI is InChI=1S/C20H24N2O3/c1-3-12(11-23)13-8-18-20-15(6-7-21(18)2)16-10-14(24)4-5-17(16)22(20)19(25)9-13/h3-5,10-11,13,18-19,24-25H,6-9H2,1-2H3/b12-3-/t13-,18+,19+/m1/s1. The normalized spacial score (nSPS) is 27.2. The Bertz CT molecular complexity index is 867. The van der Waals surface area contributed by atoms with E-state index in [1.807, 2.05) is 29.7 Å². The zero-order valence-electron chi connectivity index (χ0n) is 14.6. The lowest BCUT2D eigenvalue weighted by Crippen LogP contribution is -2.33. The smallest absolute Gasteiger partial charge is 0.145 e. The number of aldehydes is 1. The number of aromatic hydroxyl groups is 1. The molecule has 0 unspecified atom stereocenters. The van der Waals surface area contributed by atoms with Gasteiger partial charge in [0.1, 0.15) is 18.3 Å². The van der Waals surface area contributed by atoms with Gasteiger partial charge >= 0.3 is 0 Å². The molecule has 2 N–H and O–H groups in total. The van der Waals surface area contributed by atoms with E-state index in [1.54, 1.807) is 6.07 Å². The van der Waals surface area contributed by atoms with Gasteiger partial charge in [0.15, 0.2) is 0 Å². The third-order valence-corrected chi connectivity index (χ3v) is 5.94. The number of aliphatic hydroxyl groups is 1. The van der Waals surface area contributed by atoms with Crippen LogP contribution in [0.1, 0.15) is 43.3 Å². The number of allylic oxidation sites excluding steroid dienone is 2. The van der Waals surface area contributed by atoms with Gasteiger partial charge in [-0.05, 0) is 68.5 Å². The first-order valence-corrected chi connectivity index (χ1v) is 8.90. The van der Waals surface area contributed by atoms with Crippen LogP contribution in [0.4, 0.5) is 0 Å². The number of phenolic OH excluding ortho intramolecular Hbond substituents is 1. The van der Waals surface area contributed by atoms with Crippen molar-refractivity contribution < 1.29 is 15.0 Å². The summed E-state index contributed by atoms with van der Waals surface area (Å²) < 4.78 is 2.03. The van der Waals surface area contributed by atoms with Gasteiger partial charge in [0.25, 0.3) is 0 Å². The Morgan fingerprint density at radius 3 is 2.84 bits per heavy atom. The predicted molar refractivity (Wildman–Crippen MR) is 96.5 cm³/mol. The number of likely N-dealkylation sites (N-methyl/N-ethyl adjacent to an activating group) is 1. The average Bonchev–Trinajstić information content (AvgIpc) is 2.83. The minimum atomic E-state index is -0.674. The number of carbonyl (C=O) groups excluding carboxylic acids is 1. The van der Waals surface area contributed by atoms with Gasteiger partial charge in [-0.15, -0.1) is 0 Å². The predicted octanol–water partition coefficient (Wildman–Crippen LogP) is 2.92. The molecule has 0 amide bonds. The second-order valence-electron chi connectivity index (χ2n) is 7.24. The fraction of sp³-hybridized carbons (Fsp3) is 0.450.